The maximum atomic E-state index is 11.1. The summed E-state index contributed by atoms with van der Waals surface area (Å²) in [5.74, 6) is -2.07. The minimum Gasteiger partial charge on any atom is -0.462 e. The minimum atomic E-state index is -1.42. The summed E-state index contributed by atoms with van der Waals surface area (Å²) in [7, 11) is 0. The first kappa shape index (κ1) is 20.5. The standard InChI is InChI=1S/C13H19NO9/c1-8(15)21-7-13(23-10(3)17)12(22-9(2)16)5-4-11(18)6-14(19)20/h4-5,11-13,18H,6-7H2,1-3H3/b5-4+. The largest absolute Gasteiger partial charge is 0.462 e. The molecule has 0 aromatic heterocycles. The highest BCUT2D eigenvalue weighted by Gasteiger charge is 2.27. The fraction of sp³-hybridized carbons (Fsp3) is 0.615. The lowest BCUT2D eigenvalue weighted by Crippen LogP contribution is -2.37. The van der Waals surface area contributed by atoms with E-state index in [1.807, 2.05) is 0 Å². The van der Waals surface area contributed by atoms with Crippen LogP contribution in [0.1, 0.15) is 20.8 Å². The van der Waals surface area contributed by atoms with Gasteiger partial charge < -0.3 is 19.3 Å². The van der Waals surface area contributed by atoms with Crippen LogP contribution in [0.4, 0.5) is 0 Å². The summed E-state index contributed by atoms with van der Waals surface area (Å²) in [5.41, 5.74) is 0. The molecule has 0 saturated heterocycles. The Morgan fingerprint density at radius 1 is 1.09 bits per heavy atom. The molecule has 0 bridgehead atoms. The van der Waals surface area contributed by atoms with Crippen molar-refractivity contribution in [3.63, 3.8) is 0 Å². The van der Waals surface area contributed by atoms with Crippen LogP contribution in [0.5, 0.6) is 0 Å². The number of rotatable bonds is 9. The molecule has 23 heavy (non-hydrogen) atoms. The number of ether oxygens (including phenoxy) is 3. The van der Waals surface area contributed by atoms with Crippen LogP contribution in [0.25, 0.3) is 0 Å². The summed E-state index contributed by atoms with van der Waals surface area (Å²) in [6, 6.07) is 0. The summed E-state index contributed by atoms with van der Waals surface area (Å²) in [4.78, 5) is 42.7. The molecule has 3 atom stereocenters. The summed E-state index contributed by atoms with van der Waals surface area (Å²) in [5, 5.41) is 19.7. The van der Waals surface area contributed by atoms with E-state index < -0.39 is 47.7 Å². The molecule has 0 rings (SSSR count). The Hall–Kier alpha value is -2.49. The normalized spacial score (nSPS) is 14.6. The molecular weight excluding hydrogens is 314 g/mol. The van der Waals surface area contributed by atoms with Gasteiger partial charge in [-0.15, -0.1) is 0 Å². The molecule has 0 amide bonds. The monoisotopic (exact) mass is 333 g/mol. The zero-order chi connectivity index (χ0) is 18.0. The Balaban J connectivity index is 5.12. The van der Waals surface area contributed by atoms with Crippen LogP contribution in [-0.4, -0.2) is 59.4 Å². The van der Waals surface area contributed by atoms with Crippen molar-refractivity contribution in [2.75, 3.05) is 13.2 Å². The molecule has 0 fully saturated rings. The Labute approximate surface area is 132 Å². The molecule has 130 valence electrons. The molecule has 0 spiro atoms. The van der Waals surface area contributed by atoms with Crippen LogP contribution < -0.4 is 0 Å². The van der Waals surface area contributed by atoms with Crippen LogP contribution in [0, 0.1) is 10.1 Å². The summed E-state index contributed by atoms with van der Waals surface area (Å²) in [6.45, 7) is 2.22. The Bertz CT molecular complexity index is 474. The minimum absolute atomic E-state index is 0.386. The molecule has 10 heteroatoms. The highest BCUT2D eigenvalue weighted by atomic mass is 16.6. The first-order valence-corrected chi connectivity index (χ1v) is 6.57. The first-order valence-electron chi connectivity index (χ1n) is 6.57. The van der Waals surface area contributed by atoms with Gasteiger partial charge in [-0.1, -0.05) is 0 Å². The number of hydrogen-bond donors (Lipinski definition) is 1. The topological polar surface area (TPSA) is 142 Å². The molecular formula is C13H19NO9. The second-order valence-corrected chi connectivity index (χ2v) is 4.49. The Kier molecular flexibility index (Phi) is 9.16. The summed E-state index contributed by atoms with van der Waals surface area (Å²) in [6.07, 6.45) is -1.60. The van der Waals surface area contributed by atoms with Gasteiger partial charge in [0.1, 0.15) is 12.7 Å². The van der Waals surface area contributed by atoms with Gasteiger partial charge in [0.2, 0.25) is 6.54 Å². The van der Waals surface area contributed by atoms with Gasteiger partial charge in [0.25, 0.3) is 0 Å². The smallest absolute Gasteiger partial charge is 0.303 e. The average Bonchev–Trinajstić information content (AvgIpc) is 2.37. The van der Waals surface area contributed by atoms with Gasteiger partial charge in [0.05, 0.1) is 0 Å². The first-order chi connectivity index (χ1) is 10.6. The molecule has 3 unspecified atom stereocenters. The van der Waals surface area contributed by atoms with Crippen LogP contribution in [0.2, 0.25) is 0 Å². The number of aliphatic hydroxyl groups is 1. The van der Waals surface area contributed by atoms with E-state index in [4.69, 9.17) is 14.2 Å². The predicted molar refractivity (Wildman–Crippen MR) is 74.7 cm³/mol. The third-order valence-corrected chi connectivity index (χ3v) is 2.30. The third kappa shape index (κ3) is 10.8. The number of esters is 3. The molecule has 1 N–H and O–H groups in total. The third-order valence-electron chi connectivity index (χ3n) is 2.30. The van der Waals surface area contributed by atoms with E-state index >= 15 is 0 Å². The van der Waals surface area contributed by atoms with Crippen molar-refractivity contribution in [1.29, 1.82) is 0 Å². The Morgan fingerprint density at radius 3 is 2.09 bits per heavy atom. The number of carbonyl (C=O) groups is 3. The van der Waals surface area contributed by atoms with Gasteiger partial charge in [-0.05, 0) is 12.2 Å². The maximum Gasteiger partial charge on any atom is 0.303 e. The van der Waals surface area contributed by atoms with Crippen LogP contribution >= 0.6 is 0 Å². The van der Waals surface area contributed by atoms with Crippen molar-refractivity contribution in [3.8, 4) is 0 Å². The predicted octanol–water partition coefficient (Wildman–Crippen LogP) is -0.393. The second kappa shape index (κ2) is 10.3. The number of nitro groups is 1. The zero-order valence-electron chi connectivity index (χ0n) is 13.0. The van der Waals surface area contributed by atoms with Gasteiger partial charge in [-0.3, -0.25) is 24.5 Å². The molecule has 0 aliphatic carbocycles. The lowest BCUT2D eigenvalue weighted by atomic mass is 10.1. The number of hydrogen-bond acceptors (Lipinski definition) is 9. The molecule has 10 nitrogen and oxygen atoms in total. The van der Waals surface area contributed by atoms with E-state index in [1.54, 1.807) is 0 Å². The van der Waals surface area contributed by atoms with Crippen LogP contribution in [-0.2, 0) is 28.6 Å². The number of carbonyl (C=O) groups excluding carboxylic acids is 3. The van der Waals surface area contributed by atoms with E-state index in [-0.39, 0.29) is 6.61 Å². The van der Waals surface area contributed by atoms with E-state index in [9.17, 15) is 29.6 Å². The quantitative estimate of drug-likeness (QED) is 0.196. The Morgan fingerprint density at radius 2 is 1.65 bits per heavy atom. The molecule has 0 saturated carbocycles. The van der Waals surface area contributed by atoms with E-state index in [1.165, 1.54) is 0 Å². The van der Waals surface area contributed by atoms with Gasteiger partial charge in [-0.25, -0.2) is 0 Å². The van der Waals surface area contributed by atoms with Crippen molar-refractivity contribution in [2.45, 2.75) is 39.1 Å². The van der Waals surface area contributed by atoms with E-state index in [0.717, 1.165) is 32.9 Å². The number of nitrogens with zero attached hydrogens (tertiary/aromatic N) is 1. The maximum absolute atomic E-state index is 11.1. The van der Waals surface area contributed by atoms with E-state index in [0.29, 0.717) is 0 Å². The summed E-state index contributed by atoms with van der Waals surface area (Å²) >= 11 is 0. The van der Waals surface area contributed by atoms with Gasteiger partial charge in [-0.2, -0.15) is 0 Å². The van der Waals surface area contributed by atoms with Crippen molar-refractivity contribution < 1.29 is 38.6 Å². The fourth-order valence-electron chi connectivity index (χ4n) is 1.49. The molecule has 0 aliphatic rings. The van der Waals surface area contributed by atoms with Gasteiger partial charge in [0.15, 0.2) is 12.2 Å². The van der Waals surface area contributed by atoms with Crippen molar-refractivity contribution >= 4 is 17.9 Å². The van der Waals surface area contributed by atoms with Crippen LogP contribution in [0.3, 0.4) is 0 Å². The van der Waals surface area contributed by atoms with Crippen molar-refractivity contribution in [1.82, 2.24) is 0 Å². The SMILES string of the molecule is CC(=O)OCC(OC(C)=O)C(/C=C/C(O)C[N+](=O)[O-])OC(C)=O. The molecule has 0 radical (unpaired) electrons. The van der Waals surface area contributed by atoms with Crippen molar-refractivity contribution in [3.05, 3.63) is 22.3 Å². The van der Waals surface area contributed by atoms with Gasteiger partial charge in [0, 0.05) is 25.7 Å². The molecule has 0 heterocycles. The second-order valence-electron chi connectivity index (χ2n) is 4.49. The highest BCUT2D eigenvalue weighted by molar-refractivity contribution is 5.68. The summed E-state index contributed by atoms with van der Waals surface area (Å²) < 4.78 is 14.6. The lowest BCUT2D eigenvalue weighted by molar-refractivity contribution is -0.487. The number of aliphatic hydroxyl groups excluding tert-OH is 1. The van der Waals surface area contributed by atoms with Gasteiger partial charge >= 0.3 is 17.9 Å². The van der Waals surface area contributed by atoms with Crippen molar-refractivity contribution in [2.24, 2.45) is 0 Å². The lowest BCUT2D eigenvalue weighted by Gasteiger charge is -2.23. The fourth-order valence-corrected chi connectivity index (χ4v) is 1.49. The zero-order valence-corrected chi connectivity index (χ0v) is 13.0. The van der Waals surface area contributed by atoms with E-state index in [2.05, 4.69) is 0 Å². The molecule has 0 aromatic carbocycles. The highest BCUT2D eigenvalue weighted by Crippen LogP contribution is 2.10. The average molecular weight is 333 g/mol. The molecule has 0 aromatic rings. The molecule has 0 aliphatic heterocycles. The van der Waals surface area contributed by atoms with Crippen LogP contribution in [0.15, 0.2) is 12.2 Å².